The van der Waals surface area contributed by atoms with Gasteiger partial charge < -0.3 is 5.32 Å². The molecule has 0 amide bonds. The summed E-state index contributed by atoms with van der Waals surface area (Å²) in [6.07, 6.45) is 5.44. The fraction of sp³-hybridized carbons (Fsp3) is 1.00. The number of piperazine rings is 1. The first-order chi connectivity index (χ1) is 9.24. The molecule has 0 aromatic rings. The summed E-state index contributed by atoms with van der Waals surface area (Å²) < 4.78 is 0. The van der Waals surface area contributed by atoms with Crippen LogP contribution >= 0.6 is 0 Å². The van der Waals surface area contributed by atoms with Crippen LogP contribution < -0.4 is 5.32 Å². The lowest BCUT2D eigenvalue weighted by molar-refractivity contribution is 0.0920. The molecule has 0 bridgehead atoms. The van der Waals surface area contributed by atoms with E-state index in [1.54, 1.807) is 0 Å². The van der Waals surface area contributed by atoms with Gasteiger partial charge >= 0.3 is 0 Å². The Morgan fingerprint density at radius 2 is 1.79 bits per heavy atom. The summed E-state index contributed by atoms with van der Waals surface area (Å²) in [6.45, 7) is 14.5. The van der Waals surface area contributed by atoms with E-state index >= 15 is 0 Å². The second-order valence-electron chi connectivity index (χ2n) is 6.49. The van der Waals surface area contributed by atoms with Crippen molar-refractivity contribution in [1.29, 1.82) is 0 Å². The van der Waals surface area contributed by atoms with Crippen molar-refractivity contribution in [2.75, 3.05) is 39.3 Å². The Morgan fingerprint density at radius 3 is 2.32 bits per heavy atom. The summed E-state index contributed by atoms with van der Waals surface area (Å²) in [4.78, 5) is 5.34. The molecule has 1 saturated carbocycles. The van der Waals surface area contributed by atoms with Crippen LogP contribution in [0.15, 0.2) is 0 Å². The Morgan fingerprint density at radius 1 is 1.11 bits per heavy atom. The topological polar surface area (TPSA) is 18.5 Å². The van der Waals surface area contributed by atoms with Crippen molar-refractivity contribution in [3.8, 4) is 0 Å². The lowest BCUT2D eigenvalue weighted by atomic mass is 10.1. The fourth-order valence-corrected chi connectivity index (χ4v) is 3.13. The van der Waals surface area contributed by atoms with Crippen LogP contribution in [0.4, 0.5) is 0 Å². The molecule has 1 heterocycles. The van der Waals surface area contributed by atoms with Crippen LogP contribution in [0.1, 0.15) is 46.5 Å². The van der Waals surface area contributed by atoms with Crippen molar-refractivity contribution < 1.29 is 0 Å². The molecule has 112 valence electrons. The molecule has 2 aliphatic rings. The van der Waals surface area contributed by atoms with E-state index < -0.39 is 0 Å². The molecule has 0 aromatic carbocycles. The molecule has 1 saturated heterocycles. The average Bonchev–Trinajstić information content (AvgIpc) is 3.28. The first-order valence-electron chi connectivity index (χ1n) is 8.44. The maximum atomic E-state index is 3.77. The molecule has 3 nitrogen and oxygen atoms in total. The Labute approximate surface area is 119 Å². The molecule has 1 N–H and O–H groups in total. The summed E-state index contributed by atoms with van der Waals surface area (Å²) in [5.41, 5.74) is 0. The number of hydrogen-bond acceptors (Lipinski definition) is 3. The summed E-state index contributed by atoms with van der Waals surface area (Å²) in [7, 11) is 0. The van der Waals surface area contributed by atoms with E-state index in [4.69, 9.17) is 0 Å². The molecule has 0 radical (unpaired) electrons. The third-order valence-corrected chi connectivity index (χ3v) is 4.92. The first kappa shape index (κ1) is 15.3. The van der Waals surface area contributed by atoms with Crippen LogP contribution in [0, 0.1) is 5.92 Å². The zero-order valence-electron chi connectivity index (χ0n) is 13.2. The first-order valence-corrected chi connectivity index (χ1v) is 8.44. The second kappa shape index (κ2) is 7.61. The lowest BCUT2D eigenvalue weighted by Crippen LogP contribution is -2.53. The van der Waals surface area contributed by atoms with Gasteiger partial charge in [-0.1, -0.05) is 13.8 Å². The van der Waals surface area contributed by atoms with E-state index in [0.29, 0.717) is 0 Å². The van der Waals surface area contributed by atoms with Gasteiger partial charge in [0.15, 0.2) is 0 Å². The van der Waals surface area contributed by atoms with E-state index in [1.807, 2.05) is 0 Å². The average molecular weight is 267 g/mol. The summed E-state index contributed by atoms with van der Waals surface area (Å²) in [5.74, 6) is 0.971. The summed E-state index contributed by atoms with van der Waals surface area (Å²) in [5, 5.41) is 3.77. The molecular formula is C16H33N3. The minimum Gasteiger partial charge on any atom is -0.312 e. The fourth-order valence-electron chi connectivity index (χ4n) is 3.13. The van der Waals surface area contributed by atoms with E-state index in [1.165, 1.54) is 65.0 Å². The molecule has 0 spiro atoms. The van der Waals surface area contributed by atoms with Crippen LogP contribution in [0.2, 0.25) is 0 Å². The van der Waals surface area contributed by atoms with E-state index in [9.17, 15) is 0 Å². The standard InChI is InChI=1S/C16H33N3/c1-4-8-17-16(15-6-7-15)13-18-9-11-19(12-10-18)14(3)5-2/h14-17H,4-13H2,1-3H3. The van der Waals surface area contributed by atoms with Crippen molar-refractivity contribution in [2.24, 2.45) is 5.92 Å². The van der Waals surface area contributed by atoms with Gasteiger partial charge in [-0.2, -0.15) is 0 Å². The summed E-state index contributed by atoms with van der Waals surface area (Å²) in [6, 6.07) is 1.52. The number of rotatable bonds is 8. The Bertz CT molecular complexity index is 244. The minimum atomic E-state index is 0.759. The molecule has 2 rings (SSSR count). The van der Waals surface area contributed by atoms with Gasteiger partial charge in [0.1, 0.15) is 0 Å². The van der Waals surface area contributed by atoms with Crippen molar-refractivity contribution in [2.45, 2.75) is 58.5 Å². The Balaban J connectivity index is 1.71. The highest BCUT2D eigenvalue weighted by atomic mass is 15.3. The largest absolute Gasteiger partial charge is 0.312 e. The van der Waals surface area contributed by atoms with Gasteiger partial charge in [-0.3, -0.25) is 9.80 Å². The highest BCUT2D eigenvalue weighted by molar-refractivity contribution is 4.89. The van der Waals surface area contributed by atoms with E-state index in [0.717, 1.165) is 18.0 Å². The molecular weight excluding hydrogens is 234 g/mol. The number of nitrogens with zero attached hydrogens (tertiary/aromatic N) is 2. The van der Waals surface area contributed by atoms with Gasteiger partial charge in [0.2, 0.25) is 0 Å². The van der Waals surface area contributed by atoms with Crippen molar-refractivity contribution in [1.82, 2.24) is 15.1 Å². The maximum absolute atomic E-state index is 3.77. The molecule has 1 aliphatic carbocycles. The van der Waals surface area contributed by atoms with Gasteiger partial charge in [0.05, 0.1) is 0 Å². The van der Waals surface area contributed by atoms with Gasteiger partial charge in [-0.25, -0.2) is 0 Å². The predicted octanol–water partition coefficient (Wildman–Crippen LogP) is 2.18. The van der Waals surface area contributed by atoms with E-state index in [-0.39, 0.29) is 0 Å². The molecule has 2 unspecified atom stereocenters. The SMILES string of the molecule is CCCNC(CN1CCN(C(C)CC)CC1)C1CC1. The highest BCUT2D eigenvalue weighted by Crippen LogP contribution is 2.33. The van der Waals surface area contributed by atoms with Crippen molar-refractivity contribution >= 4 is 0 Å². The normalized spacial score (nSPS) is 25.4. The number of hydrogen-bond donors (Lipinski definition) is 1. The molecule has 0 aromatic heterocycles. The third kappa shape index (κ3) is 4.73. The quantitative estimate of drug-likeness (QED) is 0.727. The molecule has 19 heavy (non-hydrogen) atoms. The molecule has 3 heteroatoms. The van der Waals surface area contributed by atoms with Crippen molar-refractivity contribution in [3.63, 3.8) is 0 Å². The van der Waals surface area contributed by atoms with Crippen molar-refractivity contribution in [3.05, 3.63) is 0 Å². The third-order valence-electron chi connectivity index (χ3n) is 4.92. The van der Waals surface area contributed by atoms with Gasteiger partial charge in [0, 0.05) is 44.8 Å². The number of nitrogens with one attached hydrogen (secondary N) is 1. The van der Waals surface area contributed by atoms with Gasteiger partial charge in [0.25, 0.3) is 0 Å². The minimum absolute atomic E-state index is 0.759. The van der Waals surface area contributed by atoms with Crippen LogP contribution in [0.5, 0.6) is 0 Å². The maximum Gasteiger partial charge on any atom is 0.0223 e. The molecule has 2 atom stereocenters. The summed E-state index contributed by atoms with van der Waals surface area (Å²) >= 11 is 0. The predicted molar refractivity (Wildman–Crippen MR) is 82.6 cm³/mol. The highest BCUT2D eigenvalue weighted by Gasteiger charge is 2.32. The zero-order valence-corrected chi connectivity index (χ0v) is 13.2. The van der Waals surface area contributed by atoms with Gasteiger partial charge in [-0.15, -0.1) is 0 Å². The lowest BCUT2D eigenvalue weighted by Gasteiger charge is -2.39. The Kier molecular flexibility index (Phi) is 6.11. The smallest absolute Gasteiger partial charge is 0.0223 e. The monoisotopic (exact) mass is 267 g/mol. The Hall–Kier alpha value is -0.120. The van der Waals surface area contributed by atoms with Gasteiger partial charge in [-0.05, 0) is 45.1 Å². The second-order valence-corrected chi connectivity index (χ2v) is 6.49. The van der Waals surface area contributed by atoms with Crippen LogP contribution in [-0.2, 0) is 0 Å². The van der Waals surface area contributed by atoms with E-state index in [2.05, 4.69) is 35.9 Å². The van der Waals surface area contributed by atoms with Crippen LogP contribution in [0.25, 0.3) is 0 Å². The molecule has 2 fully saturated rings. The van der Waals surface area contributed by atoms with Crippen LogP contribution in [-0.4, -0.2) is 61.2 Å². The zero-order chi connectivity index (χ0) is 13.7. The molecule has 1 aliphatic heterocycles. The van der Waals surface area contributed by atoms with Crippen LogP contribution in [0.3, 0.4) is 0 Å².